The molecule has 1 saturated heterocycles. The van der Waals surface area contributed by atoms with E-state index in [0.717, 1.165) is 25.8 Å². The van der Waals surface area contributed by atoms with Gasteiger partial charge in [-0.3, -0.25) is 9.69 Å². The first-order chi connectivity index (χ1) is 9.10. The quantitative estimate of drug-likeness (QED) is 0.864. The largest absolute Gasteiger partial charge is 0.424 e. The molecule has 0 saturated carbocycles. The van der Waals surface area contributed by atoms with Crippen molar-refractivity contribution in [3.63, 3.8) is 0 Å². The summed E-state index contributed by atoms with van der Waals surface area (Å²) in [6, 6.07) is 0. The van der Waals surface area contributed by atoms with Gasteiger partial charge in [-0.15, -0.1) is 10.2 Å². The Morgan fingerprint density at radius 3 is 2.74 bits per heavy atom. The van der Waals surface area contributed by atoms with Gasteiger partial charge in [-0.25, -0.2) is 0 Å². The van der Waals surface area contributed by atoms with E-state index in [9.17, 15) is 4.79 Å². The highest BCUT2D eigenvalue weighted by atomic mass is 16.4. The normalized spacial score (nSPS) is 24.5. The molecule has 0 aromatic carbocycles. The summed E-state index contributed by atoms with van der Waals surface area (Å²) in [6.07, 6.45) is 2.53. The Balaban J connectivity index is 2.13. The number of rotatable bonds is 5. The highest BCUT2D eigenvalue weighted by molar-refractivity contribution is 5.86. The number of carbonyl (C=O) groups excluding carboxylic acids is 1. The number of amides is 1. The minimum Gasteiger partial charge on any atom is -0.424 e. The molecule has 6 heteroatoms. The van der Waals surface area contributed by atoms with Gasteiger partial charge in [0.2, 0.25) is 17.7 Å². The lowest BCUT2D eigenvalue weighted by Crippen LogP contribution is -2.62. The van der Waals surface area contributed by atoms with Crippen molar-refractivity contribution >= 4 is 5.91 Å². The maximum atomic E-state index is 12.1. The molecule has 0 aliphatic carbocycles. The van der Waals surface area contributed by atoms with E-state index in [1.807, 2.05) is 13.8 Å². The topological polar surface area (TPSA) is 71.3 Å². The van der Waals surface area contributed by atoms with Crippen molar-refractivity contribution < 1.29 is 9.21 Å². The van der Waals surface area contributed by atoms with Crippen molar-refractivity contribution in [3.05, 3.63) is 11.8 Å². The second-order valence-corrected chi connectivity index (χ2v) is 5.14. The van der Waals surface area contributed by atoms with E-state index < -0.39 is 5.54 Å². The van der Waals surface area contributed by atoms with Crippen molar-refractivity contribution in [2.24, 2.45) is 0 Å². The monoisotopic (exact) mass is 266 g/mol. The molecule has 6 nitrogen and oxygen atoms in total. The number of nitrogens with zero attached hydrogens (tertiary/aromatic N) is 3. The Morgan fingerprint density at radius 2 is 2.11 bits per heavy atom. The standard InChI is InChI=1S/C13H22N4O2/c1-4-6-13(3)12(18)14-7-8-17(13)9-11-16-15-10(5-2)19-11/h4-9H2,1-3H3,(H,14,18)/t13-/m0/s1. The summed E-state index contributed by atoms with van der Waals surface area (Å²) >= 11 is 0. The Labute approximate surface area is 113 Å². The second kappa shape index (κ2) is 5.69. The van der Waals surface area contributed by atoms with Crippen LogP contribution >= 0.6 is 0 Å². The SMILES string of the molecule is CCC[C@@]1(C)C(=O)NCCN1Cc1nnc(CC)o1. The summed E-state index contributed by atoms with van der Waals surface area (Å²) in [5.41, 5.74) is -0.478. The van der Waals surface area contributed by atoms with Crippen molar-refractivity contribution in [1.29, 1.82) is 0 Å². The maximum absolute atomic E-state index is 12.1. The second-order valence-electron chi connectivity index (χ2n) is 5.14. The Morgan fingerprint density at radius 1 is 1.37 bits per heavy atom. The number of carbonyl (C=O) groups is 1. The van der Waals surface area contributed by atoms with E-state index in [1.54, 1.807) is 0 Å². The lowest BCUT2D eigenvalue weighted by molar-refractivity contribution is -0.137. The molecule has 2 rings (SSSR count). The fourth-order valence-corrected chi connectivity index (χ4v) is 2.56. The molecule has 2 heterocycles. The molecule has 1 amide bonds. The molecule has 1 aliphatic heterocycles. The van der Waals surface area contributed by atoms with Gasteiger partial charge in [0.05, 0.1) is 12.1 Å². The Bertz CT molecular complexity index is 446. The predicted molar refractivity (Wildman–Crippen MR) is 70.4 cm³/mol. The molecular weight excluding hydrogens is 244 g/mol. The van der Waals surface area contributed by atoms with Crippen LogP contribution < -0.4 is 5.32 Å². The average molecular weight is 266 g/mol. The van der Waals surface area contributed by atoms with Crippen molar-refractivity contribution in [3.8, 4) is 0 Å². The van der Waals surface area contributed by atoms with E-state index >= 15 is 0 Å². The number of hydrogen-bond acceptors (Lipinski definition) is 5. The van der Waals surface area contributed by atoms with Crippen LogP contribution in [-0.2, 0) is 17.8 Å². The molecule has 1 fully saturated rings. The molecule has 1 atom stereocenters. The number of aryl methyl sites for hydroxylation is 1. The maximum Gasteiger partial charge on any atom is 0.240 e. The van der Waals surface area contributed by atoms with Gasteiger partial charge in [0.15, 0.2) is 0 Å². The highest BCUT2D eigenvalue weighted by Crippen LogP contribution is 2.25. The minimum atomic E-state index is -0.478. The van der Waals surface area contributed by atoms with Gasteiger partial charge in [-0.1, -0.05) is 20.3 Å². The Hall–Kier alpha value is -1.43. The third-order valence-corrected chi connectivity index (χ3v) is 3.73. The minimum absolute atomic E-state index is 0.0934. The first-order valence-corrected chi connectivity index (χ1v) is 6.94. The van der Waals surface area contributed by atoms with Crippen molar-refractivity contribution in [2.75, 3.05) is 13.1 Å². The first-order valence-electron chi connectivity index (χ1n) is 6.94. The van der Waals surface area contributed by atoms with Gasteiger partial charge in [0.25, 0.3) is 0 Å². The van der Waals surface area contributed by atoms with Crippen LogP contribution in [0.2, 0.25) is 0 Å². The van der Waals surface area contributed by atoms with Crippen LogP contribution in [0.3, 0.4) is 0 Å². The molecule has 106 valence electrons. The number of aromatic nitrogens is 2. The van der Waals surface area contributed by atoms with Gasteiger partial charge in [-0.2, -0.15) is 0 Å². The molecule has 1 aliphatic rings. The molecule has 0 radical (unpaired) electrons. The summed E-state index contributed by atoms with van der Waals surface area (Å²) in [4.78, 5) is 14.3. The summed E-state index contributed by atoms with van der Waals surface area (Å²) in [5.74, 6) is 1.33. The van der Waals surface area contributed by atoms with E-state index in [4.69, 9.17) is 4.42 Å². The Kier molecular flexibility index (Phi) is 4.19. The zero-order valence-electron chi connectivity index (χ0n) is 11.9. The van der Waals surface area contributed by atoms with E-state index in [-0.39, 0.29) is 5.91 Å². The predicted octanol–water partition coefficient (Wildman–Crippen LogP) is 1.12. The summed E-state index contributed by atoms with van der Waals surface area (Å²) in [5, 5.41) is 11.0. The molecule has 0 spiro atoms. The van der Waals surface area contributed by atoms with Crippen LogP contribution in [0.25, 0.3) is 0 Å². The molecular formula is C13H22N4O2. The fourth-order valence-electron chi connectivity index (χ4n) is 2.56. The smallest absolute Gasteiger partial charge is 0.240 e. The lowest BCUT2D eigenvalue weighted by atomic mass is 9.90. The van der Waals surface area contributed by atoms with Gasteiger partial charge >= 0.3 is 0 Å². The fraction of sp³-hybridized carbons (Fsp3) is 0.769. The third kappa shape index (κ3) is 2.78. The lowest BCUT2D eigenvalue weighted by Gasteiger charge is -2.42. The third-order valence-electron chi connectivity index (χ3n) is 3.73. The number of nitrogens with one attached hydrogen (secondary N) is 1. The summed E-state index contributed by atoms with van der Waals surface area (Å²) < 4.78 is 5.55. The average Bonchev–Trinajstić information content (AvgIpc) is 2.84. The van der Waals surface area contributed by atoms with Gasteiger partial charge in [0.1, 0.15) is 0 Å². The van der Waals surface area contributed by atoms with Crippen LogP contribution in [0, 0.1) is 0 Å². The highest BCUT2D eigenvalue weighted by Gasteiger charge is 2.41. The first kappa shape index (κ1) is 14.0. The zero-order valence-corrected chi connectivity index (χ0v) is 11.9. The number of piperazine rings is 1. The van der Waals surface area contributed by atoms with Gasteiger partial charge in [-0.05, 0) is 13.3 Å². The molecule has 1 aromatic rings. The van der Waals surface area contributed by atoms with Crippen LogP contribution in [0.1, 0.15) is 45.4 Å². The summed E-state index contributed by atoms with van der Waals surface area (Å²) in [6.45, 7) is 8.08. The molecule has 1 aromatic heterocycles. The zero-order chi connectivity index (χ0) is 13.9. The van der Waals surface area contributed by atoms with Gasteiger partial charge < -0.3 is 9.73 Å². The van der Waals surface area contributed by atoms with Crippen molar-refractivity contribution in [2.45, 2.75) is 52.1 Å². The number of hydrogen-bond donors (Lipinski definition) is 1. The summed E-state index contributed by atoms with van der Waals surface area (Å²) in [7, 11) is 0. The van der Waals surface area contributed by atoms with Gasteiger partial charge in [0, 0.05) is 19.5 Å². The van der Waals surface area contributed by atoms with Crippen LogP contribution in [0.4, 0.5) is 0 Å². The van der Waals surface area contributed by atoms with Crippen LogP contribution in [0.15, 0.2) is 4.42 Å². The molecule has 19 heavy (non-hydrogen) atoms. The van der Waals surface area contributed by atoms with Crippen molar-refractivity contribution in [1.82, 2.24) is 20.4 Å². The molecule has 1 N–H and O–H groups in total. The van der Waals surface area contributed by atoms with E-state index in [0.29, 0.717) is 24.9 Å². The van der Waals surface area contributed by atoms with E-state index in [2.05, 4.69) is 27.3 Å². The van der Waals surface area contributed by atoms with E-state index in [1.165, 1.54) is 0 Å². The molecule has 0 unspecified atom stereocenters. The van der Waals surface area contributed by atoms with Crippen LogP contribution in [0.5, 0.6) is 0 Å². The van der Waals surface area contributed by atoms with Crippen LogP contribution in [-0.4, -0.2) is 39.6 Å². The molecule has 0 bridgehead atoms.